The number of para-hydroxylation sites is 1. The quantitative estimate of drug-likeness (QED) is 0.392. The zero-order valence-electron chi connectivity index (χ0n) is 7.77. The Kier molecular flexibility index (Phi) is 2.25. The number of benzene rings is 1. The number of hydrogen-bond acceptors (Lipinski definition) is 4. The number of carbonyl (C=O) groups is 2. The summed E-state index contributed by atoms with van der Waals surface area (Å²) in [6.07, 6.45) is 0.538. The topological polar surface area (TPSA) is 63.6 Å². The third-order valence-corrected chi connectivity index (χ3v) is 2.16. The van der Waals surface area contributed by atoms with Gasteiger partial charge in [-0.05, 0) is 12.1 Å². The molecule has 76 valence electrons. The highest BCUT2D eigenvalue weighted by Crippen LogP contribution is 2.24. The molecule has 1 N–H and O–H groups in total. The maximum absolute atomic E-state index is 11.7. The van der Waals surface area contributed by atoms with Crippen LogP contribution in [0, 0.1) is 0 Å². The number of aliphatic hydroxyl groups excluding tert-OH is 1. The smallest absolute Gasteiger partial charge is 0.207 e. The van der Waals surface area contributed by atoms with Crippen LogP contribution >= 0.6 is 0 Å². The largest absolute Gasteiger partial charge is 0.515 e. The van der Waals surface area contributed by atoms with Crippen LogP contribution in [0.25, 0.3) is 0 Å². The molecule has 0 spiro atoms. The minimum Gasteiger partial charge on any atom is -0.515 e. The molecule has 1 aliphatic heterocycles. The number of ketones is 2. The molecule has 1 aromatic rings. The molecule has 1 heterocycles. The van der Waals surface area contributed by atoms with Crippen LogP contribution in [-0.2, 0) is 4.79 Å². The van der Waals surface area contributed by atoms with E-state index < -0.39 is 11.6 Å². The first kappa shape index (κ1) is 9.45. The molecule has 0 saturated carbocycles. The van der Waals surface area contributed by atoms with E-state index in [-0.39, 0.29) is 12.2 Å². The summed E-state index contributed by atoms with van der Waals surface area (Å²) in [5.74, 6) is -0.651. The van der Waals surface area contributed by atoms with Gasteiger partial charge in [0.2, 0.25) is 11.6 Å². The van der Waals surface area contributed by atoms with E-state index in [1.54, 1.807) is 24.3 Å². The summed E-state index contributed by atoms with van der Waals surface area (Å²) in [7, 11) is 0. The summed E-state index contributed by atoms with van der Waals surface area (Å²) < 4.78 is 5.14. The summed E-state index contributed by atoms with van der Waals surface area (Å²) >= 11 is 0. The van der Waals surface area contributed by atoms with E-state index in [2.05, 4.69) is 0 Å². The Bertz CT molecular complexity index is 459. The highest BCUT2D eigenvalue weighted by Gasteiger charge is 2.26. The van der Waals surface area contributed by atoms with Gasteiger partial charge in [0.15, 0.2) is 6.61 Å². The van der Waals surface area contributed by atoms with Gasteiger partial charge in [-0.25, -0.2) is 0 Å². The Morgan fingerprint density at radius 1 is 1.27 bits per heavy atom. The van der Waals surface area contributed by atoms with Crippen LogP contribution in [0.5, 0.6) is 5.75 Å². The van der Waals surface area contributed by atoms with Crippen LogP contribution in [-0.4, -0.2) is 23.3 Å². The van der Waals surface area contributed by atoms with Crippen molar-refractivity contribution in [3.63, 3.8) is 0 Å². The molecule has 0 radical (unpaired) electrons. The maximum Gasteiger partial charge on any atom is 0.207 e. The highest BCUT2D eigenvalue weighted by molar-refractivity contribution is 6.27. The SMILES string of the molecule is O=C1COc2ccccc2C(=O)/C1=C\O. The van der Waals surface area contributed by atoms with E-state index >= 15 is 0 Å². The van der Waals surface area contributed by atoms with Gasteiger partial charge in [0.25, 0.3) is 0 Å². The lowest BCUT2D eigenvalue weighted by molar-refractivity contribution is -0.117. The normalized spacial score (nSPS) is 18.3. The Morgan fingerprint density at radius 3 is 2.73 bits per heavy atom. The van der Waals surface area contributed by atoms with Crippen molar-refractivity contribution in [2.24, 2.45) is 0 Å². The number of hydrogen-bond donors (Lipinski definition) is 1. The average molecular weight is 204 g/mol. The molecular weight excluding hydrogens is 196 g/mol. The average Bonchev–Trinajstić information content (AvgIpc) is 2.38. The van der Waals surface area contributed by atoms with Gasteiger partial charge in [-0.3, -0.25) is 9.59 Å². The number of aliphatic hydroxyl groups is 1. The first-order valence-corrected chi connectivity index (χ1v) is 4.38. The highest BCUT2D eigenvalue weighted by atomic mass is 16.5. The molecule has 4 heteroatoms. The second-order valence-corrected chi connectivity index (χ2v) is 3.08. The second-order valence-electron chi connectivity index (χ2n) is 3.08. The second kappa shape index (κ2) is 3.57. The van der Waals surface area contributed by atoms with Crippen molar-refractivity contribution in [3.8, 4) is 5.75 Å². The summed E-state index contributed by atoms with van der Waals surface area (Å²) in [6.45, 7) is -0.227. The van der Waals surface area contributed by atoms with Gasteiger partial charge in [0.1, 0.15) is 11.3 Å². The van der Waals surface area contributed by atoms with Gasteiger partial charge in [-0.15, -0.1) is 0 Å². The Balaban J connectivity index is 2.57. The van der Waals surface area contributed by atoms with Crippen molar-refractivity contribution in [1.29, 1.82) is 0 Å². The third kappa shape index (κ3) is 1.50. The van der Waals surface area contributed by atoms with E-state index in [9.17, 15) is 9.59 Å². The summed E-state index contributed by atoms with van der Waals surface area (Å²) in [4.78, 5) is 23.1. The lowest BCUT2D eigenvalue weighted by Crippen LogP contribution is -2.15. The minimum atomic E-state index is -0.515. The molecule has 0 unspecified atom stereocenters. The van der Waals surface area contributed by atoms with Crippen molar-refractivity contribution in [3.05, 3.63) is 41.7 Å². The van der Waals surface area contributed by atoms with Gasteiger partial charge in [-0.1, -0.05) is 12.1 Å². The van der Waals surface area contributed by atoms with Gasteiger partial charge in [0.05, 0.1) is 11.8 Å². The van der Waals surface area contributed by atoms with E-state index in [0.717, 1.165) is 0 Å². The molecule has 0 aromatic heterocycles. The van der Waals surface area contributed by atoms with Crippen molar-refractivity contribution >= 4 is 11.6 Å². The molecule has 0 atom stereocenters. The summed E-state index contributed by atoms with van der Waals surface area (Å²) in [5.41, 5.74) is 0.0589. The van der Waals surface area contributed by atoms with Crippen LogP contribution in [0.4, 0.5) is 0 Å². The van der Waals surface area contributed by atoms with Gasteiger partial charge < -0.3 is 9.84 Å². The van der Waals surface area contributed by atoms with Gasteiger partial charge in [0, 0.05) is 0 Å². The number of carbonyl (C=O) groups excluding carboxylic acids is 2. The molecule has 0 fully saturated rings. The Labute approximate surface area is 85.8 Å². The fraction of sp³-hybridized carbons (Fsp3) is 0.0909. The van der Waals surface area contributed by atoms with Crippen LogP contribution in [0.15, 0.2) is 36.1 Å². The zero-order chi connectivity index (χ0) is 10.8. The Hall–Kier alpha value is -2.10. The molecule has 0 saturated heterocycles. The van der Waals surface area contributed by atoms with E-state index in [1.807, 2.05) is 0 Å². The van der Waals surface area contributed by atoms with E-state index in [4.69, 9.17) is 9.84 Å². The lowest BCUT2D eigenvalue weighted by Gasteiger charge is -2.02. The number of ether oxygens (including phenoxy) is 1. The zero-order valence-corrected chi connectivity index (χ0v) is 7.77. The molecule has 15 heavy (non-hydrogen) atoms. The number of rotatable bonds is 0. The van der Waals surface area contributed by atoms with Gasteiger partial charge in [-0.2, -0.15) is 0 Å². The van der Waals surface area contributed by atoms with Crippen LogP contribution in [0.1, 0.15) is 10.4 Å². The third-order valence-electron chi connectivity index (χ3n) is 2.16. The van der Waals surface area contributed by atoms with Gasteiger partial charge >= 0.3 is 0 Å². The maximum atomic E-state index is 11.7. The minimum absolute atomic E-state index is 0.227. The molecule has 0 amide bonds. The fourth-order valence-electron chi connectivity index (χ4n) is 1.40. The molecule has 1 aliphatic rings. The van der Waals surface area contributed by atoms with Crippen LogP contribution < -0.4 is 4.74 Å². The predicted octanol–water partition coefficient (Wildman–Crippen LogP) is 1.27. The molecule has 0 bridgehead atoms. The van der Waals surface area contributed by atoms with Crippen LogP contribution in [0.2, 0.25) is 0 Å². The predicted molar refractivity (Wildman–Crippen MR) is 52.0 cm³/mol. The van der Waals surface area contributed by atoms with E-state index in [0.29, 0.717) is 17.6 Å². The standard InChI is InChI=1S/C11H8O4/c12-5-8-9(13)6-15-10-4-2-1-3-7(10)11(8)14/h1-5,12H,6H2/b8-5-. The van der Waals surface area contributed by atoms with Crippen molar-refractivity contribution in [2.75, 3.05) is 6.61 Å². The van der Waals surface area contributed by atoms with Crippen molar-refractivity contribution in [1.82, 2.24) is 0 Å². The van der Waals surface area contributed by atoms with E-state index in [1.165, 1.54) is 0 Å². The number of Topliss-reactive ketones (excluding diaryl/α,β-unsaturated/α-hetero) is 2. The lowest BCUT2D eigenvalue weighted by atomic mass is 10.0. The molecule has 4 nitrogen and oxygen atoms in total. The molecule has 1 aromatic carbocycles. The summed E-state index contributed by atoms with van der Waals surface area (Å²) in [6, 6.07) is 6.55. The monoisotopic (exact) mass is 204 g/mol. The number of fused-ring (bicyclic) bond motifs is 1. The summed E-state index contributed by atoms with van der Waals surface area (Å²) in [5, 5.41) is 8.82. The van der Waals surface area contributed by atoms with Crippen LogP contribution in [0.3, 0.4) is 0 Å². The first-order valence-electron chi connectivity index (χ1n) is 4.38. The van der Waals surface area contributed by atoms with Crippen molar-refractivity contribution in [2.45, 2.75) is 0 Å². The fourth-order valence-corrected chi connectivity index (χ4v) is 1.40. The first-order chi connectivity index (χ1) is 7.24. The molecule has 2 rings (SSSR count). The Morgan fingerprint density at radius 2 is 2.00 bits per heavy atom. The van der Waals surface area contributed by atoms with Crippen molar-refractivity contribution < 1.29 is 19.4 Å². The molecule has 0 aliphatic carbocycles. The molecular formula is C11H8O4.